The highest BCUT2D eigenvalue weighted by molar-refractivity contribution is 7.87. The summed E-state index contributed by atoms with van der Waals surface area (Å²) in [6, 6.07) is 20.1. The van der Waals surface area contributed by atoms with Crippen molar-refractivity contribution in [2.24, 2.45) is 0 Å². The Morgan fingerprint density at radius 3 is 2.29 bits per heavy atom. The summed E-state index contributed by atoms with van der Waals surface area (Å²) in [6.07, 6.45) is 0. The molecule has 3 aromatic carbocycles. The van der Waals surface area contributed by atoms with Gasteiger partial charge in [0.15, 0.2) is 0 Å². The van der Waals surface area contributed by atoms with E-state index in [4.69, 9.17) is 21.0 Å². The smallest absolute Gasteiger partial charge is 0.339 e. The van der Waals surface area contributed by atoms with Crippen molar-refractivity contribution in [3.63, 3.8) is 0 Å². The third kappa shape index (κ3) is 4.49. The van der Waals surface area contributed by atoms with E-state index in [0.29, 0.717) is 11.3 Å². The molecule has 6 nitrogen and oxygen atoms in total. The van der Waals surface area contributed by atoms with E-state index < -0.39 is 10.1 Å². The lowest BCUT2D eigenvalue weighted by Crippen LogP contribution is -2.12. The fourth-order valence-corrected chi connectivity index (χ4v) is 3.55. The summed E-state index contributed by atoms with van der Waals surface area (Å²) >= 11 is 5.88. The van der Waals surface area contributed by atoms with Crippen LogP contribution in [-0.4, -0.2) is 14.3 Å². The Hall–Kier alpha value is -3.34. The summed E-state index contributed by atoms with van der Waals surface area (Å²) in [5, 5.41) is 11.6. The van der Waals surface area contributed by atoms with Crippen LogP contribution in [0.25, 0.3) is 0 Å². The summed E-state index contributed by atoms with van der Waals surface area (Å²) in [4.78, 5) is 12.0. The summed E-state index contributed by atoms with van der Waals surface area (Å²) in [5.74, 6) is -0.215. The van der Waals surface area contributed by atoms with Gasteiger partial charge in [0.05, 0.1) is 10.6 Å². The van der Waals surface area contributed by atoms with Gasteiger partial charge in [-0.05, 0) is 54.6 Å². The van der Waals surface area contributed by atoms with Gasteiger partial charge in [-0.3, -0.25) is 4.79 Å². The number of hydrogen-bond donors (Lipinski definition) is 1. The van der Waals surface area contributed by atoms with E-state index in [2.05, 4.69) is 5.32 Å². The van der Waals surface area contributed by atoms with Crippen LogP contribution in [0.2, 0.25) is 5.02 Å². The zero-order chi connectivity index (χ0) is 20.1. The van der Waals surface area contributed by atoms with Gasteiger partial charge in [0.25, 0.3) is 5.91 Å². The molecule has 28 heavy (non-hydrogen) atoms. The van der Waals surface area contributed by atoms with E-state index in [1.165, 1.54) is 36.4 Å². The van der Waals surface area contributed by atoms with E-state index in [1.807, 2.05) is 12.1 Å². The highest BCUT2D eigenvalue weighted by Gasteiger charge is 2.18. The van der Waals surface area contributed by atoms with E-state index in [-0.39, 0.29) is 27.1 Å². The molecule has 3 rings (SSSR count). The second-order valence-corrected chi connectivity index (χ2v) is 7.59. The molecule has 140 valence electrons. The molecule has 0 saturated carbocycles. The van der Waals surface area contributed by atoms with Gasteiger partial charge in [-0.2, -0.15) is 13.7 Å². The number of rotatable bonds is 5. The Kier molecular flexibility index (Phi) is 5.64. The zero-order valence-corrected chi connectivity index (χ0v) is 15.9. The second-order valence-electron chi connectivity index (χ2n) is 5.64. The van der Waals surface area contributed by atoms with Crippen molar-refractivity contribution in [1.82, 2.24) is 0 Å². The average molecular weight is 413 g/mol. The maximum atomic E-state index is 12.4. The molecule has 0 atom stereocenters. The minimum absolute atomic E-state index is 0.0196. The van der Waals surface area contributed by atoms with Gasteiger partial charge < -0.3 is 9.50 Å². The van der Waals surface area contributed by atoms with Gasteiger partial charge >= 0.3 is 10.1 Å². The monoisotopic (exact) mass is 412 g/mol. The van der Waals surface area contributed by atoms with Gasteiger partial charge in [0.1, 0.15) is 16.7 Å². The van der Waals surface area contributed by atoms with Crippen LogP contribution >= 0.6 is 11.6 Å². The number of carbonyl (C=O) groups excluding carboxylic acids is 1. The van der Waals surface area contributed by atoms with Gasteiger partial charge in [-0.15, -0.1) is 0 Å². The number of nitrogens with zero attached hydrogens (tertiary/aromatic N) is 1. The van der Waals surface area contributed by atoms with Crippen molar-refractivity contribution in [3.05, 3.63) is 88.9 Å². The number of anilines is 1. The zero-order valence-electron chi connectivity index (χ0n) is 14.3. The van der Waals surface area contributed by atoms with Gasteiger partial charge in [-0.1, -0.05) is 29.8 Å². The lowest BCUT2D eigenvalue weighted by molar-refractivity contribution is 0.102. The summed E-state index contributed by atoms with van der Waals surface area (Å²) < 4.78 is 29.8. The Bertz CT molecular complexity index is 1160. The number of nitriles is 1. The molecule has 0 radical (unpaired) electrons. The average Bonchev–Trinajstić information content (AvgIpc) is 2.70. The van der Waals surface area contributed by atoms with Crippen LogP contribution in [0.3, 0.4) is 0 Å². The van der Waals surface area contributed by atoms with Crippen molar-refractivity contribution in [1.29, 1.82) is 5.26 Å². The largest absolute Gasteiger partial charge is 0.379 e. The molecule has 8 heteroatoms. The van der Waals surface area contributed by atoms with Crippen LogP contribution in [0, 0.1) is 11.3 Å². The first-order valence-electron chi connectivity index (χ1n) is 8.00. The number of amides is 1. The summed E-state index contributed by atoms with van der Waals surface area (Å²) in [6.45, 7) is 0. The number of halogens is 1. The number of nitrogens with one attached hydrogen (secondary N) is 1. The van der Waals surface area contributed by atoms with E-state index in [9.17, 15) is 13.2 Å². The fraction of sp³-hybridized carbons (Fsp3) is 0. The molecule has 0 bridgehead atoms. The maximum Gasteiger partial charge on any atom is 0.339 e. The second kappa shape index (κ2) is 8.13. The first-order chi connectivity index (χ1) is 13.4. The lowest BCUT2D eigenvalue weighted by Gasteiger charge is -2.09. The first-order valence-corrected chi connectivity index (χ1v) is 9.78. The third-order valence-corrected chi connectivity index (χ3v) is 5.26. The topological polar surface area (TPSA) is 96.3 Å². The molecule has 0 aliphatic rings. The predicted molar refractivity (Wildman–Crippen MR) is 105 cm³/mol. The van der Waals surface area contributed by atoms with Crippen LogP contribution in [0.1, 0.15) is 15.9 Å². The molecule has 0 fully saturated rings. The molecule has 3 aromatic rings. The van der Waals surface area contributed by atoms with Crippen LogP contribution in [0.15, 0.2) is 77.7 Å². The van der Waals surface area contributed by atoms with Crippen molar-refractivity contribution in [2.45, 2.75) is 4.90 Å². The predicted octanol–water partition coefficient (Wildman–Crippen LogP) is 4.23. The molecule has 1 amide bonds. The van der Waals surface area contributed by atoms with Crippen LogP contribution in [0.4, 0.5) is 5.69 Å². The van der Waals surface area contributed by atoms with Crippen molar-refractivity contribution < 1.29 is 17.4 Å². The quantitative estimate of drug-likeness (QED) is 0.632. The highest BCUT2D eigenvalue weighted by atomic mass is 35.5. The van der Waals surface area contributed by atoms with Crippen LogP contribution in [-0.2, 0) is 10.1 Å². The molecule has 0 aliphatic carbocycles. The highest BCUT2D eigenvalue weighted by Crippen LogP contribution is 2.24. The van der Waals surface area contributed by atoms with E-state index in [1.54, 1.807) is 24.3 Å². The van der Waals surface area contributed by atoms with Crippen molar-refractivity contribution in [2.75, 3.05) is 5.32 Å². The number of hydrogen-bond acceptors (Lipinski definition) is 5. The summed E-state index contributed by atoms with van der Waals surface area (Å²) in [7, 11) is -4.12. The number of carbonyl (C=O) groups is 1. The first kappa shape index (κ1) is 19.4. The minimum atomic E-state index is -4.12. The number of benzene rings is 3. The van der Waals surface area contributed by atoms with Gasteiger partial charge in [0, 0.05) is 11.3 Å². The fourth-order valence-electron chi connectivity index (χ4n) is 2.30. The third-order valence-electron chi connectivity index (χ3n) is 3.70. The van der Waals surface area contributed by atoms with E-state index >= 15 is 0 Å². The van der Waals surface area contributed by atoms with Crippen molar-refractivity contribution >= 4 is 33.3 Å². The van der Waals surface area contributed by atoms with E-state index in [0.717, 1.165) is 6.07 Å². The molecular formula is C20H13ClN2O4S. The molecule has 0 aromatic heterocycles. The Labute approximate surface area is 167 Å². The van der Waals surface area contributed by atoms with Crippen molar-refractivity contribution in [3.8, 4) is 11.8 Å². The van der Waals surface area contributed by atoms with Crippen LogP contribution < -0.4 is 9.50 Å². The molecule has 0 heterocycles. The Morgan fingerprint density at radius 2 is 1.68 bits per heavy atom. The molecule has 0 saturated heterocycles. The standard InChI is InChI=1S/C20H13ClN2O4S/c21-19-12-18(11-6-15(19)13-22)28(25,26)27-17-9-7-16(8-10-17)23-20(24)14-4-2-1-3-5-14/h1-12H,(H,23,24). The molecule has 0 spiro atoms. The van der Waals surface area contributed by atoms with Crippen LogP contribution in [0.5, 0.6) is 5.75 Å². The lowest BCUT2D eigenvalue weighted by atomic mass is 10.2. The SMILES string of the molecule is N#Cc1ccc(S(=O)(=O)Oc2ccc(NC(=O)c3ccccc3)cc2)cc1Cl. The molecule has 0 aliphatic heterocycles. The van der Waals surface area contributed by atoms with Gasteiger partial charge in [0.2, 0.25) is 0 Å². The molecule has 1 N–H and O–H groups in total. The normalized spacial score (nSPS) is 10.7. The Balaban J connectivity index is 1.72. The summed E-state index contributed by atoms with van der Waals surface area (Å²) in [5.41, 5.74) is 1.15. The molecular weight excluding hydrogens is 400 g/mol. The van der Waals surface area contributed by atoms with Gasteiger partial charge in [-0.25, -0.2) is 0 Å². The minimum Gasteiger partial charge on any atom is -0.379 e. The maximum absolute atomic E-state index is 12.4. The Morgan fingerprint density at radius 1 is 1.00 bits per heavy atom. The molecule has 0 unspecified atom stereocenters.